The number of methoxy groups -OCH3 is 1. The molecule has 0 aromatic heterocycles. The number of carbonyl (C=O) groups is 2. The molecule has 1 aromatic rings. The van der Waals surface area contributed by atoms with Crippen molar-refractivity contribution in [1.29, 1.82) is 0 Å². The van der Waals surface area contributed by atoms with Crippen LogP contribution >= 0.6 is 0 Å². The third-order valence-corrected chi connectivity index (χ3v) is 2.89. The molecule has 1 unspecified atom stereocenters. The minimum absolute atomic E-state index is 0.320. The Morgan fingerprint density at radius 2 is 1.76 bits per heavy atom. The average Bonchev–Trinajstić information content (AvgIpc) is 2.42. The smallest absolute Gasteiger partial charge is 0.417 e. The van der Waals surface area contributed by atoms with Crippen LogP contribution in [-0.2, 0) is 15.7 Å². The van der Waals surface area contributed by atoms with Crippen molar-refractivity contribution in [2.45, 2.75) is 26.1 Å². The van der Waals surface area contributed by atoms with E-state index in [1.54, 1.807) is 13.8 Å². The summed E-state index contributed by atoms with van der Waals surface area (Å²) in [6.45, 7) is 3.30. The molecule has 1 aromatic carbocycles. The van der Waals surface area contributed by atoms with Crippen molar-refractivity contribution in [3.05, 3.63) is 35.4 Å². The predicted molar refractivity (Wildman–Crippen MR) is 69.6 cm³/mol. The van der Waals surface area contributed by atoms with E-state index in [0.717, 1.165) is 19.2 Å². The van der Waals surface area contributed by atoms with Crippen LogP contribution in [0.1, 0.15) is 29.8 Å². The van der Waals surface area contributed by atoms with Crippen LogP contribution in [0.15, 0.2) is 24.3 Å². The van der Waals surface area contributed by atoms with Crippen molar-refractivity contribution >= 4 is 11.9 Å². The van der Waals surface area contributed by atoms with Gasteiger partial charge in [0.15, 0.2) is 0 Å². The number of esters is 1. The largest absolute Gasteiger partial charge is 0.467 e. The van der Waals surface area contributed by atoms with E-state index >= 15 is 0 Å². The highest BCUT2D eigenvalue weighted by molar-refractivity contribution is 5.98. The van der Waals surface area contributed by atoms with E-state index in [0.29, 0.717) is 0 Å². The lowest BCUT2D eigenvalue weighted by Crippen LogP contribution is -2.45. The van der Waals surface area contributed by atoms with E-state index in [2.05, 4.69) is 10.1 Å². The van der Waals surface area contributed by atoms with E-state index in [1.165, 1.54) is 12.1 Å². The number of hydrogen-bond acceptors (Lipinski definition) is 3. The van der Waals surface area contributed by atoms with Crippen molar-refractivity contribution < 1.29 is 27.5 Å². The van der Waals surface area contributed by atoms with Crippen LogP contribution in [0.4, 0.5) is 13.2 Å². The zero-order chi connectivity index (χ0) is 16.2. The highest BCUT2D eigenvalue weighted by Gasteiger charge is 2.36. The lowest BCUT2D eigenvalue weighted by atomic mass is 10.0. The summed E-state index contributed by atoms with van der Waals surface area (Å²) in [5.74, 6) is -1.99. The fourth-order valence-electron chi connectivity index (χ4n) is 1.77. The third kappa shape index (κ3) is 4.21. The molecule has 1 atom stereocenters. The second-order valence-corrected chi connectivity index (χ2v) is 4.76. The Morgan fingerprint density at radius 3 is 2.24 bits per heavy atom. The topological polar surface area (TPSA) is 55.4 Å². The van der Waals surface area contributed by atoms with Gasteiger partial charge < -0.3 is 10.1 Å². The van der Waals surface area contributed by atoms with E-state index in [9.17, 15) is 22.8 Å². The quantitative estimate of drug-likeness (QED) is 0.870. The zero-order valence-electron chi connectivity index (χ0n) is 11.8. The van der Waals surface area contributed by atoms with Crippen molar-refractivity contribution in [1.82, 2.24) is 5.32 Å². The van der Waals surface area contributed by atoms with Gasteiger partial charge in [0.25, 0.3) is 5.91 Å². The first-order chi connectivity index (χ1) is 9.68. The Labute approximate surface area is 120 Å². The minimum atomic E-state index is -4.65. The first-order valence-electron chi connectivity index (χ1n) is 6.23. The summed E-state index contributed by atoms with van der Waals surface area (Å²) >= 11 is 0. The highest BCUT2D eigenvalue weighted by atomic mass is 19.4. The van der Waals surface area contributed by atoms with Gasteiger partial charge in [-0.1, -0.05) is 26.0 Å². The second-order valence-electron chi connectivity index (χ2n) is 4.76. The molecule has 0 aliphatic heterocycles. The molecule has 0 bridgehead atoms. The molecule has 7 heteroatoms. The zero-order valence-corrected chi connectivity index (χ0v) is 11.8. The molecule has 0 saturated heterocycles. The number of benzene rings is 1. The highest BCUT2D eigenvalue weighted by Crippen LogP contribution is 2.31. The van der Waals surface area contributed by atoms with Crippen LogP contribution in [-0.4, -0.2) is 25.0 Å². The first-order valence-corrected chi connectivity index (χ1v) is 6.23. The maximum atomic E-state index is 12.9. The molecule has 0 heterocycles. The van der Waals surface area contributed by atoms with Crippen LogP contribution < -0.4 is 5.32 Å². The molecule has 1 N–H and O–H groups in total. The van der Waals surface area contributed by atoms with Crippen molar-refractivity contribution in [2.24, 2.45) is 5.92 Å². The van der Waals surface area contributed by atoms with Gasteiger partial charge >= 0.3 is 12.1 Å². The molecule has 0 fully saturated rings. The van der Waals surface area contributed by atoms with Crippen LogP contribution in [0.2, 0.25) is 0 Å². The molecule has 0 radical (unpaired) electrons. The van der Waals surface area contributed by atoms with Crippen LogP contribution in [0, 0.1) is 5.92 Å². The summed E-state index contributed by atoms with van der Waals surface area (Å²) in [6.07, 6.45) is -4.65. The van der Waals surface area contributed by atoms with Gasteiger partial charge in [0.05, 0.1) is 18.2 Å². The van der Waals surface area contributed by atoms with E-state index in [4.69, 9.17) is 0 Å². The molecule has 116 valence electrons. The summed E-state index contributed by atoms with van der Waals surface area (Å²) in [7, 11) is 1.15. The van der Waals surface area contributed by atoms with Gasteiger partial charge in [0, 0.05) is 0 Å². The molecular weight excluding hydrogens is 287 g/mol. The molecule has 21 heavy (non-hydrogen) atoms. The lowest BCUT2D eigenvalue weighted by Gasteiger charge is -2.21. The van der Waals surface area contributed by atoms with Gasteiger partial charge in [0.2, 0.25) is 0 Å². The van der Waals surface area contributed by atoms with E-state index in [-0.39, 0.29) is 5.92 Å². The number of hydrogen-bond donors (Lipinski definition) is 1. The Balaban J connectivity index is 3.07. The van der Waals surface area contributed by atoms with Crippen molar-refractivity contribution in [3.8, 4) is 0 Å². The van der Waals surface area contributed by atoms with Crippen molar-refractivity contribution in [2.75, 3.05) is 7.11 Å². The lowest BCUT2D eigenvalue weighted by molar-refractivity contribution is -0.144. The number of nitrogens with one attached hydrogen (secondary N) is 1. The van der Waals surface area contributed by atoms with Gasteiger partial charge in [-0.15, -0.1) is 0 Å². The minimum Gasteiger partial charge on any atom is -0.467 e. The van der Waals surface area contributed by atoms with E-state index < -0.39 is 35.2 Å². The van der Waals surface area contributed by atoms with Crippen molar-refractivity contribution in [3.63, 3.8) is 0 Å². The normalized spacial score (nSPS) is 12.9. The van der Waals surface area contributed by atoms with E-state index in [1.807, 2.05) is 0 Å². The van der Waals surface area contributed by atoms with Crippen LogP contribution in [0.5, 0.6) is 0 Å². The van der Waals surface area contributed by atoms with Gasteiger partial charge in [-0.3, -0.25) is 4.79 Å². The standard InChI is InChI=1S/C14H16F3NO3/c1-8(2)11(13(20)21-3)18-12(19)9-6-4-5-7-10(9)14(15,16)17/h4-8,11H,1-3H3,(H,18,19). The maximum absolute atomic E-state index is 12.9. The fourth-order valence-corrected chi connectivity index (χ4v) is 1.77. The van der Waals surface area contributed by atoms with Gasteiger partial charge in [-0.2, -0.15) is 13.2 Å². The van der Waals surface area contributed by atoms with Crippen LogP contribution in [0.3, 0.4) is 0 Å². The van der Waals surface area contributed by atoms with Gasteiger partial charge in [-0.05, 0) is 18.1 Å². The monoisotopic (exact) mass is 303 g/mol. The van der Waals surface area contributed by atoms with Crippen LogP contribution in [0.25, 0.3) is 0 Å². The molecule has 1 rings (SSSR count). The fraction of sp³-hybridized carbons (Fsp3) is 0.429. The molecule has 1 amide bonds. The summed E-state index contributed by atoms with van der Waals surface area (Å²) < 4.78 is 43.1. The van der Waals surface area contributed by atoms with Gasteiger partial charge in [-0.25, -0.2) is 4.79 Å². The maximum Gasteiger partial charge on any atom is 0.417 e. The Bertz CT molecular complexity index is 526. The number of halogens is 3. The predicted octanol–water partition coefficient (Wildman–Crippen LogP) is 2.63. The molecule has 0 spiro atoms. The Kier molecular flexibility index (Phi) is 5.34. The van der Waals surface area contributed by atoms with Gasteiger partial charge in [0.1, 0.15) is 6.04 Å². The average molecular weight is 303 g/mol. The summed E-state index contributed by atoms with van der Waals surface area (Å²) in [6, 6.07) is 3.39. The number of alkyl halides is 3. The molecule has 0 saturated carbocycles. The summed E-state index contributed by atoms with van der Waals surface area (Å²) in [5, 5.41) is 2.28. The summed E-state index contributed by atoms with van der Waals surface area (Å²) in [4.78, 5) is 23.6. The SMILES string of the molecule is COC(=O)C(NC(=O)c1ccccc1C(F)(F)F)C(C)C. The Morgan fingerprint density at radius 1 is 1.19 bits per heavy atom. The first kappa shape index (κ1) is 17.0. The third-order valence-electron chi connectivity index (χ3n) is 2.89. The Hall–Kier alpha value is -2.05. The number of rotatable bonds is 4. The molecule has 4 nitrogen and oxygen atoms in total. The number of ether oxygens (including phenoxy) is 1. The summed E-state index contributed by atoms with van der Waals surface area (Å²) in [5.41, 5.74) is -1.57. The molecule has 0 aliphatic carbocycles. The number of amides is 1. The second kappa shape index (κ2) is 6.60. The number of carbonyl (C=O) groups excluding carboxylic acids is 2. The molecule has 0 aliphatic rings. The molecular formula is C14H16F3NO3.